The van der Waals surface area contributed by atoms with Crippen LogP contribution < -0.4 is 4.74 Å². The van der Waals surface area contributed by atoms with Gasteiger partial charge in [0.05, 0.1) is 6.61 Å². The van der Waals surface area contributed by atoms with Crippen LogP contribution in [0.4, 0.5) is 0 Å². The van der Waals surface area contributed by atoms with E-state index < -0.39 is 0 Å². The van der Waals surface area contributed by atoms with E-state index >= 15 is 0 Å². The molecule has 0 atom stereocenters. The van der Waals surface area contributed by atoms with Crippen LogP contribution in [-0.4, -0.2) is 6.61 Å². The first-order valence-electron chi connectivity index (χ1n) is 6.50. The summed E-state index contributed by atoms with van der Waals surface area (Å²) in [4.78, 5) is 0. The van der Waals surface area contributed by atoms with Gasteiger partial charge < -0.3 is 4.74 Å². The molecule has 0 aromatic heterocycles. The lowest BCUT2D eigenvalue weighted by molar-refractivity contribution is 0.313. The monoisotopic (exact) mass is 228 g/mol. The molecule has 0 saturated heterocycles. The molecule has 2 rings (SSSR count). The van der Waals surface area contributed by atoms with Crippen LogP contribution in [0.5, 0.6) is 5.75 Å². The highest BCUT2D eigenvalue weighted by Crippen LogP contribution is 2.28. The van der Waals surface area contributed by atoms with Gasteiger partial charge in [-0.1, -0.05) is 50.6 Å². The van der Waals surface area contributed by atoms with Gasteiger partial charge in [0.1, 0.15) is 5.75 Å². The summed E-state index contributed by atoms with van der Waals surface area (Å²) in [5, 5.41) is 2.56. The van der Waals surface area contributed by atoms with Crippen molar-refractivity contribution in [2.24, 2.45) is 0 Å². The Bertz CT molecular complexity index is 488. The first-order valence-corrected chi connectivity index (χ1v) is 6.50. The van der Waals surface area contributed by atoms with Crippen molar-refractivity contribution < 1.29 is 4.74 Å². The molecule has 0 fully saturated rings. The second-order valence-corrected chi connectivity index (χ2v) is 4.32. The van der Waals surface area contributed by atoms with Crippen LogP contribution in [0, 0.1) is 0 Å². The Morgan fingerprint density at radius 2 is 1.71 bits per heavy atom. The van der Waals surface area contributed by atoms with Crippen LogP contribution in [0.2, 0.25) is 0 Å². The molecule has 0 radical (unpaired) electrons. The number of rotatable bonds is 5. The molecule has 0 bridgehead atoms. The van der Waals surface area contributed by atoms with Crippen molar-refractivity contribution in [3.63, 3.8) is 0 Å². The van der Waals surface area contributed by atoms with Crippen molar-refractivity contribution >= 4 is 10.8 Å². The van der Waals surface area contributed by atoms with Crippen molar-refractivity contribution in [1.82, 2.24) is 0 Å². The molecule has 2 aromatic carbocycles. The average Bonchev–Trinajstić information content (AvgIpc) is 2.39. The molecule has 0 N–H and O–H groups in total. The van der Waals surface area contributed by atoms with Gasteiger partial charge in [-0.2, -0.15) is 0 Å². The van der Waals surface area contributed by atoms with Gasteiger partial charge in [-0.3, -0.25) is 0 Å². The van der Waals surface area contributed by atoms with Crippen LogP contribution in [0.3, 0.4) is 0 Å². The van der Waals surface area contributed by atoms with Gasteiger partial charge >= 0.3 is 0 Å². The first kappa shape index (κ1) is 12.0. The van der Waals surface area contributed by atoms with Gasteiger partial charge in [0.25, 0.3) is 0 Å². The normalized spacial score (nSPS) is 10.7. The van der Waals surface area contributed by atoms with Crippen molar-refractivity contribution in [2.45, 2.75) is 33.1 Å². The van der Waals surface area contributed by atoms with E-state index in [1.807, 2.05) is 0 Å². The highest BCUT2D eigenvalue weighted by atomic mass is 16.5. The maximum absolute atomic E-state index is 5.86. The Morgan fingerprint density at radius 1 is 0.941 bits per heavy atom. The number of aryl methyl sites for hydroxylation is 1. The van der Waals surface area contributed by atoms with Gasteiger partial charge in [-0.25, -0.2) is 0 Å². The van der Waals surface area contributed by atoms with E-state index in [2.05, 4.69) is 50.2 Å². The van der Waals surface area contributed by atoms with Gasteiger partial charge in [0.15, 0.2) is 0 Å². The summed E-state index contributed by atoms with van der Waals surface area (Å²) in [6, 6.07) is 12.8. The standard InChI is InChI=1S/C16H20O/c1-3-5-12-17-16-11-10-13(4-2)14-8-6-7-9-15(14)16/h6-11H,3-5,12H2,1-2H3. The highest BCUT2D eigenvalue weighted by molar-refractivity contribution is 5.91. The highest BCUT2D eigenvalue weighted by Gasteiger charge is 2.04. The number of unbranched alkanes of at least 4 members (excludes halogenated alkanes) is 1. The second-order valence-electron chi connectivity index (χ2n) is 4.32. The lowest BCUT2D eigenvalue weighted by Gasteiger charge is -2.11. The average molecular weight is 228 g/mol. The molecule has 0 heterocycles. The summed E-state index contributed by atoms with van der Waals surface area (Å²) < 4.78 is 5.86. The molecule has 1 nitrogen and oxygen atoms in total. The maximum Gasteiger partial charge on any atom is 0.127 e. The molecule has 0 aliphatic rings. The Kier molecular flexibility index (Phi) is 4.03. The zero-order valence-electron chi connectivity index (χ0n) is 10.7. The maximum atomic E-state index is 5.86. The minimum Gasteiger partial charge on any atom is -0.493 e. The summed E-state index contributed by atoms with van der Waals surface area (Å²) in [5.74, 6) is 1.02. The topological polar surface area (TPSA) is 9.23 Å². The van der Waals surface area contributed by atoms with Crippen molar-refractivity contribution in [1.29, 1.82) is 0 Å². The summed E-state index contributed by atoms with van der Waals surface area (Å²) in [7, 11) is 0. The molecule has 1 heteroatoms. The van der Waals surface area contributed by atoms with Crippen LogP contribution in [0.1, 0.15) is 32.3 Å². The molecule has 0 spiro atoms. The number of benzene rings is 2. The van der Waals surface area contributed by atoms with Crippen LogP contribution in [0.15, 0.2) is 36.4 Å². The molecule has 90 valence electrons. The van der Waals surface area contributed by atoms with E-state index in [0.29, 0.717) is 0 Å². The molecule has 0 saturated carbocycles. The lowest BCUT2D eigenvalue weighted by atomic mass is 10.0. The molecular weight excluding hydrogens is 208 g/mol. The third kappa shape index (κ3) is 2.60. The molecular formula is C16H20O. The molecule has 0 unspecified atom stereocenters. The number of fused-ring (bicyclic) bond motifs is 1. The molecule has 0 aliphatic carbocycles. The quantitative estimate of drug-likeness (QED) is 0.680. The van der Waals surface area contributed by atoms with E-state index in [-0.39, 0.29) is 0 Å². The predicted molar refractivity (Wildman–Crippen MR) is 73.7 cm³/mol. The van der Waals surface area contributed by atoms with E-state index in [9.17, 15) is 0 Å². The zero-order chi connectivity index (χ0) is 12.1. The number of hydrogen-bond acceptors (Lipinski definition) is 1. The third-order valence-electron chi connectivity index (χ3n) is 3.11. The van der Waals surface area contributed by atoms with E-state index in [4.69, 9.17) is 4.74 Å². The Hall–Kier alpha value is -1.50. The summed E-state index contributed by atoms with van der Waals surface area (Å²) in [6.45, 7) is 5.19. The van der Waals surface area contributed by atoms with Crippen molar-refractivity contribution in [3.05, 3.63) is 42.0 Å². The fourth-order valence-electron chi connectivity index (χ4n) is 2.09. The summed E-state index contributed by atoms with van der Waals surface area (Å²) >= 11 is 0. The fraction of sp³-hybridized carbons (Fsp3) is 0.375. The SMILES string of the molecule is CCCCOc1ccc(CC)c2ccccc12. The zero-order valence-corrected chi connectivity index (χ0v) is 10.7. The van der Waals surface area contributed by atoms with Gasteiger partial charge in [-0.05, 0) is 29.9 Å². The Morgan fingerprint density at radius 3 is 2.41 bits per heavy atom. The minimum atomic E-state index is 0.811. The fourth-order valence-corrected chi connectivity index (χ4v) is 2.09. The van der Waals surface area contributed by atoms with E-state index in [1.54, 1.807) is 0 Å². The first-order chi connectivity index (χ1) is 8.36. The molecule has 17 heavy (non-hydrogen) atoms. The summed E-state index contributed by atoms with van der Waals surface area (Å²) in [6.07, 6.45) is 3.35. The third-order valence-corrected chi connectivity index (χ3v) is 3.11. The number of hydrogen-bond donors (Lipinski definition) is 0. The minimum absolute atomic E-state index is 0.811. The van der Waals surface area contributed by atoms with Gasteiger partial charge in [0.2, 0.25) is 0 Å². The van der Waals surface area contributed by atoms with Crippen molar-refractivity contribution in [2.75, 3.05) is 6.61 Å². The lowest BCUT2D eigenvalue weighted by Crippen LogP contribution is -1.97. The van der Waals surface area contributed by atoms with Crippen LogP contribution in [0.25, 0.3) is 10.8 Å². The molecule has 0 amide bonds. The van der Waals surface area contributed by atoms with Crippen LogP contribution >= 0.6 is 0 Å². The second kappa shape index (κ2) is 5.72. The van der Waals surface area contributed by atoms with Gasteiger partial charge in [0, 0.05) is 5.39 Å². The Labute approximate surface area is 103 Å². The number of ether oxygens (including phenoxy) is 1. The largest absolute Gasteiger partial charge is 0.493 e. The Balaban J connectivity index is 2.37. The summed E-state index contributed by atoms with van der Waals surface area (Å²) in [5.41, 5.74) is 1.39. The van der Waals surface area contributed by atoms with E-state index in [0.717, 1.165) is 25.2 Å². The predicted octanol–water partition coefficient (Wildman–Crippen LogP) is 4.58. The smallest absolute Gasteiger partial charge is 0.127 e. The molecule has 2 aromatic rings. The van der Waals surface area contributed by atoms with Crippen molar-refractivity contribution in [3.8, 4) is 5.75 Å². The molecule has 0 aliphatic heterocycles. The van der Waals surface area contributed by atoms with Crippen LogP contribution in [-0.2, 0) is 6.42 Å². The van der Waals surface area contributed by atoms with Gasteiger partial charge in [-0.15, -0.1) is 0 Å². The van der Waals surface area contributed by atoms with E-state index in [1.165, 1.54) is 22.8 Å².